The number of carbonyl (C=O) groups excluding carboxylic acids is 7. The van der Waals surface area contributed by atoms with E-state index in [0.29, 0.717) is 18.1 Å². The summed E-state index contributed by atoms with van der Waals surface area (Å²) in [5.74, 6) is -9.43. The summed E-state index contributed by atoms with van der Waals surface area (Å²) >= 11 is 0.0730. The molecule has 15 atom stereocenters. The maximum Gasteiger partial charge on any atom is 0.261 e. The molecule has 1 aliphatic carbocycles. The number of aromatic hydroxyl groups is 1. The quantitative estimate of drug-likeness (QED) is 0.0237. The van der Waals surface area contributed by atoms with Gasteiger partial charge in [-0.3, -0.25) is 38.5 Å². The van der Waals surface area contributed by atoms with Gasteiger partial charge < -0.3 is 96.7 Å². The molecule has 2 bridgehead atoms. The van der Waals surface area contributed by atoms with Crippen LogP contribution in [-0.2, 0) is 44.6 Å². The van der Waals surface area contributed by atoms with E-state index in [9.17, 15) is 79.5 Å². The third-order valence-corrected chi connectivity index (χ3v) is 19.1. The second kappa shape index (κ2) is 32.1. The molecule has 30 nitrogen and oxygen atoms in total. The van der Waals surface area contributed by atoms with Crippen molar-refractivity contribution >= 4 is 59.4 Å². The number of aliphatic hydroxyl groups excluding tert-OH is 8. The van der Waals surface area contributed by atoms with Crippen LogP contribution in [0.4, 0.5) is 5.69 Å². The number of amides is 7. The van der Waals surface area contributed by atoms with Gasteiger partial charge in [0.2, 0.25) is 35.4 Å². The molecule has 31 heteroatoms. The van der Waals surface area contributed by atoms with E-state index >= 15 is 0 Å². The molecule has 5 saturated heterocycles. The molecular formula is C62H86N10O20S. The average Bonchev–Trinajstić information content (AvgIpc) is 1.68. The highest BCUT2D eigenvalue weighted by Crippen LogP contribution is 2.39. The van der Waals surface area contributed by atoms with Gasteiger partial charge in [0.25, 0.3) is 18.2 Å². The van der Waals surface area contributed by atoms with Crippen molar-refractivity contribution in [2.45, 2.75) is 175 Å². The number of carbonyl (C=O) groups is 7. The van der Waals surface area contributed by atoms with E-state index in [-0.39, 0.29) is 42.3 Å². The summed E-state index contributed by atoms with van der Waals surface area (Å²) in [4.78, 5) is 109. The van der Waals surface area contributed by atoms with Crippen molar-refractivity contribution in [3.05, 3.63) is 77.9 Å². The van der Waals surface area contributed by atoms with Crippen molar-refractivity contribution in [2.24, 2.45) is 5.92 Å². The molecule has 0 radical (unpaired) electrons. The van der Waals surface area contributed by atoms with Crippen LogP contribution in [0.2, 0.25) is 0 Å². The van der Waals surface area contributed by atoms with Crippen LogP contribution in [0.5, 0.6) is 11.5 Å². The average molecular weight is 1320 g/mol. The summed E-state index contributed by atoms with van der Waals surface area (Å²) in [6, 6.07) is 7.83. The van der Waals surface area contributed by atoms with Crippen molar-refractivity contribution in [3.8, 4) is 22.6 Å². The first-order chi connectivity index (χ1) is 44.6. The van der Waals surface area contributed by atoms with E-state index in [2.05, 4.69) is 63.2 Å². The molecule has 3 aromatic carbocycles. The Morgan fingerprint density at radius 1 is 0.699 bits per heavy atom. The summed E-state index contributed by atoms with van der Waals surface area (Å²) in [5, 5.41) is 126. The number of hydrogen-bond donors (Lipinski definition) is 16. The Balaban J connectivity index is 0.985. The topological polar surface area (TPSA) is 435 Å². The fourth-order valence-electron chi connectivity index (χ4n) is 13.7. The second-order valence-electron chi connectivity index (χ2n) is 25.2. The summed E-state index contributed by atoms with van der Waals surface area (Å²) < 4.78 is 9.37. The van der Waals surface area contributed by atoms with Crippen LogP contribution in [0.15, 0.2) is 66.7 Å². The molecule has 1 saturated carbocycles. The zero-order valence-electron chi connectivity index (χ0n) is 51.6. The predicted molar refractivity (Wildman–Crippen MR) is 332 cm³/mol. The van der Waals surface area contributed by atoms with Gasteiger partial charge in [-0.2, -0.15) is 0 Å². The van der Waals surface area contributed by atoms with Gasteiger partial charge in [-0.05, 0) is 92.2 Å². The lowest BCUT2D eigenvalue weighted by Gasteiger charge is -2.41. The number of nitrogens with one attached hydrogen (secondary N) is 6. The molecule has 6 aliphatic rings. The molecule has 3 aromatic rings. The minimum absolute atomic E-state index is 0.0730. The largest absolute Gasteiger partial charge is 0.504 e. The molecule has 9 rings (SSSR count). The highest BCUT2D eigenvalue weighted by Gasteiger charge is 2.50. The number of phenolic OH excluding ortho intramolecular Hbond substituents is 1. The molecule has 0 spiro atoms. The summed E-state index contributed by atoms with van der Waals surface area (Å²) in [6.07, 6.45) is -4.89. The van der Waals surface area contributed by atoms with Crippen LogP contribution in [0.3, 0.4) is 0 Å². The zero-order chi connectivity index (χ0) is 66.8. The number of hydrogen-bond acceptors (Lipinski definition) is 24. The number of rotatable bonds is 20. The van der Waals surface area contributed by atoms with Crippen molar-refractivity contribution in [2.75, 3.05) is 57.4 Å². The number of benzene rings is 3. The number of likely N-dealkylation sites (tertiary alicyclic amines) is 1. The van der Waals surface area contributed by atoms with Gasteiger partial charge in [-0.1, -0.05) is 65.9 Å². The van der Waals surface area contributed by atoms with E-state index in [0.717, 1.165) is 59.1 Å². The molecule has 2 unspecified atom stereocenters. The van der Waals surface area contributed by atoms with Crippen LogP contribution in [0, 0.1) is 5.92 Å². The monoisotopic (exact) mass is 1320 g/mol. The van der Waals surface area contributed by atoms with Crippen molar-refractivity contribution in [1.82, 2.24) is 46.6 Å². The Morgan fingerprint density at radius 3 is 2.02 bits per heavy atom. The maximum absolute atomic E-state index is 15.0. The normalized spacial score (nSPS) is 29.0. The SMILES string of the molecule is C[C@@H](O)[C@@H]1NC(=O)[C@@H](NC(=O)c2ccc(-c3ccc(N4CC5CC4CN5C4CCCCC4)cc3)cc2)C[C@@H](O)CNC(=O)[C@@H]2[C@@H](O)[C@@H](C)CN2C(=O)[C@H]([C@H](O)CCNC(CO)CO)NC(=O)[C@H]([C@H](O)Cc2ccc(O)c(OSOOO)c2)NC(=O)[C@@H]2C[C@@H](O)CN2C1=O. The zero-order valence-corrected chi connectivity index (χ0v) is 52.5. The van der Waals surface area contributed by atoms with Crippen molar-refractivity contribution < 1.29 is 98.3 Å². The van der Waals surface area contributed by atoms with Gasteiger partial charge in [0.05, 0.1) is 55.9 Å². The Kier molecular flexibility index (Phi) is 24.3. The lowest BCUT2D eigenvalue weighted by Crippen LogP contribution is -2.64. The molecule has 5 heterocycles. The number of fused-ring (bicyclic) bond motifs is 4. The van der Waals surface area contributed by atoms with Crippen LogP contribution in [0.25, 0.3) is 11.1 Å². The van der Waals surface area contributed by atoms with Crippen molar-refractivity contribution in [1.29, 1.82) is 0 Å². The number of phenols is 1. The van der Waals surface area contributed by atoms with E-state index in [4.69, 9.17) is 9.44 Å². The lowest BCUT2D eigenvalue weighted by molar-refractivity contribution is -0.433. The first kappa shape index (κ1) is 70.5. The highest BCUT2D eigenvalue weighted by atomic mass is 32.2. The second-order valence-corrected chi connectivity index (χ2v) is 25.6. The van der Waals surface area contributed by atoms with Gasteiger partial charge in [0.15, 0.2) is 11.5 Å². The molecule has 6 fully saturated rings. The van der Waals surface area contributed by atoms with E-state index in [1.54, 1.807) is 12.1 Å². The number of anilines is 1. The fourth-order valence-corrected chi connectivity index (χ4v) is 13.9. The molecule has 93 heavy (non-hydrogen) atoms. The third-order valence-electron chi connectivity index (χ3n) is 18.7. The van der Waals surface area contributed by atoms with Gasteiger partial charge >= 0.3 is 0 Å². The molecule has 7 amide bonds. The molecule has 16 N–H and O–H groups in total. The Morgan fingerprint density at radius 2 is 1.37 bits per heavy atom. The summed E-state index contributed by atoms with van der Waals surface area (Å²) in [5.41, 5.74) is 3.00. The fraction of sp³-hybridized carbons (Fsp3) is 0.597. The van der Waals surface area contributed by atoms with Crippen LogP contribution in [-0.4, -0.2) is 257 Å². The molecule has 510 valence electrons. The number of piperazine rings is 1. The summed E-state index contributed by atoms with van der Waals surface area (Å²) in [6.45, 7) is 1.83. The predicted octanol–water partition coefficient (Wildman–Crippen LogP) is -2.70. The van der Waals surface area contributed by atoms with Gasteiger partial charge in [-0.15, -0.1) is 0 Å². The van der Waals surface area contributed by atoms with E-state index in [1.807, 2.05) is 12.1 Å². The standard InChI is InChI=1S/C62H86N10O20S/c1-32-26-72-54(55(32)81)60(86)64-25-43(76)23-45(65-56(82)37-11-9-35(10-12-37)36-13-15-40(16-14-36)70-28-41-22-42(70)27-69(41)39-6-4-3-5-7-39)57(83)66-51(33(2)75)61(87)71-29-44(77)24-46(71)58(84)67-52(49(80)20-34-8-17-47(78)50(21-34)90-93-92-91-89)59(85)68-53(62(72)88)48(79)18-19-63-38(30-73)31-74/h8-17,21,32-33,38-39,41-46,48-49,51-55,63,73-81,89H,3-7,18-20,22-31H2,1-2H3,(H,64,86)(H,65,82)(H,66,83)(H,67,84)(H,68,85)/t32-,33+,41?,42?,43+,44+,45-,46-,48+,49+,51-,52-,53-,54-,55-/m0/s1. The van der Waals surface area contributed by atoms with Gasteiger partial charge in [-0.25, -0.2) is 5.26 Å². The minimum atomic E-state index is -2.15. The number of aliphatic hydroxyl groups is 8. The minimum Gasteiger partial charge on any atom is -0.504 e. The lowest BCUT2D eigenvalue weighted by atomic mass is 9.93. The number of β-amino-alcohol motifs (C(OH)–C–C–N with tert-alkyl or cyclic N) is 1. The first-order valence-electron chi connectivity index (χ1n) is 31.6. The van der Waals surface area contributed by atoms with E-state index in [1.165, 1.54) is 63.3 Å². The van der Waals surface area contributed by atoms with Gasteiger partial charge in [0, 0.05) is 87.3 Å². The van der Waals surface area contributed by atoms with Crippen LogP contribution in [0.1, 0.15) is 87.6 Å². The molecule has 0 aromatic heterocycles. The smallest absolute Gasteiger partial charge is 0.261 e. The highest BCUT2D eigenvalue weighted by molar-refractivity contribution is 7.90. The van der Waals surface area contributed by atoms with Crippen molar-refractivity contribution in [3.63, 3.8) is 0 Å². The van der Waals surface area contributed by atoms with Gasteiger partial charge in [0.1, 0.15) is 36.3 Å². The first-order valence-corrected chi connectivity index (χ1v) is 32.2. The maximum atomic E-state index is 15.0. The molecule has 5 aliphatic heterocycles. The molecular weight excluding hydrogens is 1240 g/mol. The Bertz CT molecular complexity index is 3070. The Labute approximate surface area is 541 Å². The van der Waals surface area contributed by atoms with E-state index < -0.39 is 184 Å². The van der Waals surface area contributed by atoms with Crippen LogP contribution >= 0.6 is 12.3 Å². The third kappa shape index (κ3) is 17.0. The Hall–Kier alpha value is -6.82. The number of nitrogens with zero attached hydrogens (tertiary/aromatic N) is 4. The summed E-state index contributed by atoms with van der Waals surface area (Å²) in [7, 11) is 0. The van der Waals surface area contributed by atoms with Crippen LogP contribution < -0.4 is 41.0 Å².